The fourth-order valence-corrected chi connectivity index (χ4v) is 3.91. The van der Waals surface area contributed by atoms with Gasteiger partial charge in [0.15, 0.2) is 5.76 Å². The highest BCUT2D eigenvalue weighted by Crippen LogP contribution is 2.36. The van der Waals surface area contributed by atoms with Gasteiger partial charge in [-0.15, -0.1) is 0 Å². The molecule has 5 rings (SSSR count). The van der Waals surface area contributed by atoms with Gasteiger partial charge in [0.2, 0.25) is 5.78 Å². The van der Waals surface area contributed by atoms with Crippen LogP contribution in [0.15, 0.2) is 70.8 Å². The molecule has 0 radical (unpaired) electrons. The van der Waals surface area contributed by atoms with Crippen molar-refractivity contribution in [2.24, 2.45) is 0 Å². The number of ketones is 1. The maximum absolute atomic E-state index is 13.0. The van der Waals surface area contributed by atoms with E-state index in [9.17, 15) is 9.59 Å². The third-order valence-electron chi connectivity index (χ3n) is 5.58. The Balaban J connectivity index is 1.40. The van der Waals surface area contributed by atoms with Crippen LogP contribution >= 0.6 is 0 Å². The number of carbonyl (C=O) groups excluding carboxylic acids is 2. The van der Waals surface area contributed by atoms with Crippen molar-refractivity contribution in [1.29, 1.82) is 0 Å². The number of furan rings is 1. The maximum Gasteiger partial charge on any atom is 0.347 e. The van der Waals surface area contributed by atoms with Crippen LogP contribution in [0.3, 0.4) is 0 Å². The molecule has 1 aromatic heterocycles. The predicted octanol–water partition coefficient (Wildman–Crippen LogP) is 6.28. The molecule has 0 aliphatic carbocycles. The van der Waals surface area contributed by atoms with Crippen molar-refractivity contribution in [3.8, 4) is 17.2 Å². The molecule has 0 saturated heterocycles. The Morgan fingerprint density at radius 2 is 1.74 bits per heavy atom. The predicted molar refractivity (Wildman–Crippen MR) is 128 cm³/mol. The van der Waals surface area contributed by atoms with Gasteiger partial charge in [0.05, 0.1) is 12.2 Å². The molecular formula is C28H22O6. The number of aryl methyl sites for hydroxylation is 2. The van der Waals surface area contributed by atoms with Crippen LogP contribution in [-0.2, 0) is 0 Å². The number of hydrogen-bond donors (Lipinski definition) is 0. The first-order valence-electron chi connectivity index (χ1n) is 11.0. The summed E-state index contributed by atoms with van der Waals surface area (Å²) in [5, 5.41) is 0.615. The highest BCUT2D eigenvalue weighted by atomic mass is 16.5. The van der Waals surface area contributed by atoms with E-state index in [1.165, 1.54) is 0 Å². The van der Waals surface area contributed by atoms with Crippen LogP contribution in [0.4, 0.5) is 0 Å². The van der Waals surface area contributed by atoms with Gasteiger partial charge >= 0.3 is 5.97 Å². The smallest absolute Gasteiger partial charge is 0.347 e. The lowest BCUT2D eigenvalue weighted by Crippen LogP contribution is -2.09. The lowest BCUT2D eigenvalue weighted by molar-refractivity contribution is 0.0734. The van der Waals surface area contributed by atoms with E-state index < -0.39 is 5.97 Å². The monoisotopic (exact) mass is 454 g/mol. The molecule has 6 nitrogen and oxygen atoms in total. The molecule has 0 spiro atoms. The normalized spacial score (nSPS) is 13.7. The minimum absolute atomic E-state index is 0.214. The van der Waals surface area contributed by atoms with Crippen molar-refractivity contribution in [3.63, 3.8) is 0 Å². The summed E-state index contributed by atoms with van der Waals surface area (Å²) in [7, 11) is 0. The molecule has 3 aromatic carbocycles. The van der Waals surface area contributed by atoms with E-state index in [1.54, 1.807) is 49.4 Å². The third-order valence-corrected chi connectivity index (χ3v) is 5.58. The molecule has 6 heteroatoms. The molecule has 0 N–H and O–H groups in total. The van der Waals surface area contributed by atoms with Crippen molar-refractivity contribution >= 4 is 28.8 Å². The van der Waals surface area contributed by atoms with Gasteiger partial charge in [-0.25, -0.2) is 4.79 Å². The van der Waals surface area contributed by atoms with Gasteiger partial charge in [-0.1, -0.05) is 29.8 Å². The zero-order chi connectivity index (χ0) is 23.8. The standard InChI is InChI=1S/C28H22O6/c1-4-31-19-10-12-23-22(14-19)26(17(3)32-23)28(30)33-20-9-11-21-24(15-20)34-25(27(21)29)13-18-7-5-16(2)6-8-18/h5-15H,4H2,1-3H3. The molecule has 0 unspecified atom stereocenters. The number of fused-ring (bicyclic) bond motifs is 2. The van der Waals surface area contributed by atoms with Crippen LogP contribution in [-0.4, -0.2) is 18.4 Å². The van der Waals surface area contributed by atoms with Gasteiger partial charge < -0.3 is 18.6 Å². The largest absolute Gasteiger partial charge is 0.494 e. The Morgan fingerprint density at radius 1 is 0.971 bits per heavy atom. The van der Waals surface area contributed by atoms with Gasteiger partial charge in [-0.3, -0.25) is 4.79 Å². The van der Waals surface area contributed by atoms with Crippen LogP contribution in [0.2, 0.25) is 0 Å². The average molecular weight is 454 g/mol. The minimum atomic E-state index is -0.565. The van der Waals surface area contributed by atoms with Gasteiger partial charge in [-0.2, -0.15) is 0 Å². The molecule has 0 saturated carbocycles. The summed E-state index contributed by atoms with van der Waals surface area (Å²) in [6.07, 6.45) is 1.70. The van der Waals surface area contributed by atoms with Crippen molar-refractivity contribution in [3.05, 3.63) is 94.4 Å². The summed E-state index contributed by atoms with van der Waals surface area (Å²) in [6.45, 7) is 6.11. The number of carbonyl (C=O) groups is 2. The summed E-state index contributed by atoms with van der Waals surface area (Å²) >= 11 is 0. The number of benzene rings is 3. The molecule has 0 amide bonds. The van der Waals surface area contributed by atoms with Crippen molar-refractivity contribution in [1.82, 2.24) is 0 Å². The molecule has 2 heterocycles. The molecule has 170 valence electrons. The minimum Gasteiger partial charge on any atom is -0.494 e. The van der Waals surface area contributed by atoms with Crippen molar-refractivity contribution in [2.45, 2.75) is 20.8 Å². The Labute approximate surface area is 196 Å². The van der Waals surface area contributed by atoms with Crippen LogP contribution in [0.25, 0.3) is 17.0 Å². The summed E-state index contributed by atoms with van der Waals surface area (Å²) < 4.78 is 22.7. The third kappa shape index (κ3) is 3.94. The number of rotatable bonds is 5. The first-order valence-corrected chi connectivity index (χ1v) is 11.0. The molecular weight excluding hydrogens is 432 g/mol. The zero-order valence-corrected chi connectivity index (χ0v) is 19.0. The number of allylic oxidation sites excluding steroid dienone is 1. The highest BCUT2D eigenvalue weighted by Gasteiger charge is 2.28. The molecule has 0 atom stereocenters. The Bertz CT molecular complexity index is 1460. The van der Waals surface area contributed by atoms with E-state index in [-0.39, 0.29) is 17.3 Å². The van der Waals surface area contributed by atoms with E-state index >= 15 is 0 Å². The van der Waals surface area contributed by atoms with Crippen molar-refractivity contribution < 1.29 is 28.2 Å². The SMILES string of the molecule is CCOc1ccc2oc(C)c(C(=O)Oc3ccc4c(c3)OC(=Cc3ccc(C)cc3)C4=O)c2c1. The summed E-state index contributed by atoms with van der Waals surface area (Å²) in [6, 6.07) is 17.8. The maximum atomic E-state index is 13.0. The van der Waals surface area contributed by atoms with E-state index in [0.717, 1.165) is 11.1 Å². The lowest BCUT2D eigenvalue weighted by Gasteiger charge is -2.06. The van der Waals surface area contributed by atoms with E-state index in [0.29, 0.717) is 46.0 Å². The van der Waals surface area contributed by atoms with Crippen LogP contribution in [0.1, 0.15) is 44.5 Å². The number of esters is 1. The second-order valence-corrected chi connectivity index (χ2v) is 8.02. The Hall–Kier alpha value is -4.32. The van der Waals surface area contributed by atoms with Gasteiger partial charge in [0.1, 0.15) is 34.2 Å². The Morgan fingerprint density at radius 3 is 2.50 bits per heavy atom. The number of ether oxygens (including phenoxy) is 3. The summed E-state index contributed by atoms with van der Waals surface area (Å²) in [4.78, 5) is 25.8. The molecule has 0 bridgehead atoms. The molecule has 0 fully saturated rings. The topological polar surface area (TPSA) is 75.0 Å². The number of Topliss-reactive ketones (excluding diaryl/α,β-unsaturated/α-hetero) is 1. The van der Waals surface area contributed by atoms with Crippen LogP contribution in [0, 0.1) is 13.8 Å². The van der Waals surface area contributed by atoms with E-state index in [4.69, 9.17) is 18.6 Å². The first kappa shape index (κ1) is 21.5. The molecule has 34 heavy (non-hydrogen) atoms. The lowest BCUT2D eigenvalue weighted by atomic mass is 10.1. The highest BCUT2D eigenvalue weighted by molar-refractivity contribution is 6.14. The molecule has 4 aromatic rings. The van der Waals surface area contributed by atoms with Gasteiger partial charge in [-0.05, 0) is 62.7 Å². The fraction of sp³-hybridized carbons (Fsp3) is 0.143. The quantitative estimate of drug-likeness (QED) is 0.201. The molecule has 1 aliphatic heterocycles. The van der Waals surface area contributed by atoms with Gasteiger partial charge in [0, 0.05) is 11.5 Å². The van der Waals surface area contributed by atoms with Crippen LogP contribution in [0.5, 0.6) is 17.2 Å². The molecule has 1 aliphatic rings. The summed E-state index contributed by atoms with van der Waals surface area (Å²) in [5.74, 6) is 1.15. The first-order chi connectivity index (χ1) is 16.4. The average Bonchev–Trinajstić information content (AvgIpc) is 3.30. The van der Waals surface area contributed by atoms with E-state index in [1.807, 2.05) is 38.1 Å². The Kier molecular flexibility index (Phi) is 5.42. The van der Waals surface area contributed by atoms with Crippen LogP contribution < -0.4 is 14.2 Å². The number of hydrogen-bond acceptors (Lipinski definition) is 6. The fourth-order valence-electron chi connectivity index (χ4n) is 3.91. The van der Waals surface area contributed by atoms with Crippen molar-refractivity contribution in [2.75, 3.05) is 6.61 Å². The van der Waals surface area contributed by atoms with Gasteiger partial charge in [0.25, 0.3) is 0 Å². The summed E-state index contributed by atoms with van der Waals surface area (Å²) in [5.41, 5.74) is 3.31. The second-order valence-electron chi connectivity index (χ2n) is 8.02. The van der Waals surface area contributed by atoms with E-state index in [2.05, 4.69) is 0 Å². The second kappa shape index (κ2) is 8.56. The zero-order valence-electron chi connectivity index (χ0n) is 19.0.